The topological polar surface area (TPSA) is 40.1 Å². The highest BCUT2D eigenvalue weighted by molar-refractivity contribution is 5.88. The molecule has 1 rings (SSSR count). The Morgan fingerprint density at radius 1 is 1.40 bits per heavy atom. The van der Waals surface area contributed by atoms with Crippen molar-refractivity contribution in [2.24, 2.45) is 0 Å². The third-order valence-corrected chi connectivity index (χ3v) is 2.04. The van der Waals surface area contributed by atoms with Crippen molar-refractivity contribution in [2.45, 2.75) is 19.5 Å². The number of carbonyl (C=O) groups excluding carboxylic acids is 1. The predicted octanol–water partition coefficient (Wildman–Crippen LogP) is 1.63. The molecular weight excluding hydrogens is 209 g/mol. The molecule has 0 spiro atoms. The van der Waals surface area contributed by atoms with Crippen LogP contribution in [0.5, 0.6) is 0 Å². The summed E-state index contributed by atoms with van der Waals surface area (Å²) in [5.41, 5.74) is -1.95. The molecule has 0 amide bonds. The van der Waals surface area contributed by atoms with Crippen LogP contribution in [-0.4, -0.2) is 5.97 Å². The van der Waals surface area contributed by atoms with Crippen molar-refractivity contribution in [1.29, 1.82) is 0 Å². The lowest BCUT2D eigenvalue weighted by Gasteiger charge is -2.16. The van der Waals surface area contributed by atoms with Gasteiger partial charge in [0.1, 0.15) is 0 Å². The monoisotopic (exact) mass is 217 g/mol. The molecule has 0 fully saturated rings. The number of carboxylic acid groups (broad SMARTS) is 1. The fourth-order valence-electron chi connectivity index (χ4n) is 1.40. The normalized spacial score (nSPS) is 11.5. The van der Waals surface area contributed by atoms with Crippen molar-refractivity contribution < 1.29 is 23.1 Å². The van der Waals surface area contributed by atoms with Gasteiger partial charge in [-0.1, -0.05) is 25.1 Å². The zero-order valence-corrected chi connectivity index (χ0v) is 7.89. The first-order valence-corrected chi connectivity index (χ1v) is 4.28. The van der Waals surface area contributed by atoms with Crippen LogP contribution in [0.4, 0.5) is 13.2 Å². The van der Waals surface area contributed by atoms with Crippen LogP contribution in [0.3, 0.4) is 0 Å². The third kappa shape index (κ3) is 2.29. The highest BCUT2D eigenvalue weighted by Crippen LogP contribution is 2.34. The maximum absolute atomic E-state index is 12.6. The zero-order chi connectivity index (χ0) is 11.6. The number of carboxylic acids is 1. The lowest BCUT2D eigenvalue weighted by Crippen LogP contribution is -2.27. The van der Waals surface area contributed by atoms with Crippen molar-refractivity contribution in [3.63, 3.8) is 0 Å². The lowest BCUT2D eigenvalue weighted by atomic mass is 9.99. The Morgan fingerprint density at radius 2 is 2.00 bits per heavy atom. The van der Waals surface area contributed by atoms with Gasteiger partial charge in [0.05, 0.1) is 11.5 Å². The maximum atomic E-state index is 12.6. The van der Waals surface area contributed by atoms with Crippen LogP contribution < -0.4 is 5.11 Å². The van der Waals surface area contributed by atoms with Crippen LogP contribution in [0.1, 0.15) is 28.4 Å². The SMILES string of the molecule is CCc1cccc(C(=O)[O-])c1C(F)(F)F. The predicted molar refractivity (Wildman–Crippen MR) is 45.2 cm³/mol. The van der Waals surface area contributed by atoms with Crippen LogP contribution in [0.2, 0.25) is 0 Å². The molecule has 0 aromatic heterocycles. The lowest BCUT2D eigenvalue weighted by molar-refractivity contribution is -0.255. The maximum Gasteiger partial charge on any atom is 0.417 e. The van der Waals surface area contributed by atoms with E-state index in [-0.39, 0.29) is 12.0 Å². The first kappa shape index (κ1) is 11.6. The zero-order valence-electron chi connectivity index (χ0n) is 7.89. The second-order valence-electron chi connectivity index (χ2n) is 2.98. The van der Waals surface area contributed by atoms with E-state index in [0.717, 1.165) is 6.07 Å². The van der Waals surface area contributed by atoms with E-state index in [1.165, 1.54) is 19.1 Å². The first-order valence-electron chi connectivity index (χ1n) is 4.28. The van der Waals surface area contributed by atoms with Gasteiger partial charge in [0.15, 0.2) is 0 Å². The van der Waals surface area contributed by atoms with Gasteiger partial charge in [0.25, 0.3) is 0 Å². The summed E-state index contributed by atoms with van der Waals surface area (Å²) in [6.45, 7) is 1.53. The highest BCUT2D eigenvalue weighted by atomic mass is 19.4. The number of carbonyl (C=O) groups is 1. The largest absolute Gasteiger partial charge is 0.545 e. The second-order valence-corrected chi connectivity index (χ2v) is 2.98. The van der Waals surface area contributed by atoms with E-state index in [4.69, 9.17) is 0 Å². The van der Waals surface area contributed by atoms with E-state index in [9.17, 15) is 23.1 Å². The summed E-state index contributed by atoms with van der Waals surface area (Å²) in [5.74, 6) is -1.81. The van der Waals surface area contributed by atoms with E-state index in [1.54, 1.807) is 0 Å². The smallest absolute Gasteiger partial charge is 0.417 e. The molecule has 1 aromatic carbocycles. The Hall–Kier alpha value is -1.52. The van der Waals surface area contributed by atoms with Crippen LogP contribution >= 0.6 is 0 Å². The fourth-order valence-corrected chi connectivity index (χ4v) is 1.40. The first-order chi connectivity index (χ1) is 6.88. The molecule has 82 valence electrons. The van der Waals surface area contributed by atoms with Gasteiger partial charge in [-0.05, 0) is 12.0 Å². The minimum absolute atomic E-state index is 0.0378. The molecule has 0 N–H and O–H groups in total. The Kier molecular flexibility index (Phi) is 3.02. The van der Waals surface area contributed by atoms with Crippen molar-refractivity contribution in [3.05, 3.63) is 34.9 Å². The van der Waals surface area contributed by atoms with E-state index in [0.29, 0.717) is 0 Å². The Labute approximate surface area is 84.3 Å². The average molecular weight is 217 g/mol. The summed E-state index contributed by atoms with van der Waals surface area (Å²) in [6, 6.07) is 3.44. The summed E-state index contributed by atoms with van der Waals surface area (Å²) in [4.78, 5) is 10.5. The van der Waals surface area contributed by atoms with Gasteiger partial charge in [0, 0.05) is 5.56 Å². The summed E-state index contributed by atoms with van der Waals surface area (Å²) in [5, 5.41) is 10.5. The highest BCUT2D eigenvalue weighted by Gasteiger charge is 2.35. The van der Waals surface area contributed by atoms with Crippen molar-refractivity contribution in [2.75, 3.05) is 0 Å². The molecule has 0 aliphatic heterocycles. The van der Waals surface area contributed by atoms with E-state index < -0.39 is 23.3 Å². The number of alkyl halides is 3. The van der Waals surface area contributed by atoms with E-state index >= 15 is 0 Å². The molecule has 0 aliphatic rings. The summed E-state index contributed by atoms with van der Waals surface area (Å²) >= 11 is 0. The summed E-state index contributed by atoms with van der Waals surface area (Å²) in [7, 11) is 0. The fraction of sp³-hybridized carbons (Fsp3) is 0.300. The molecule has 1 aromatic rings. The molecule has 0 saturated carbocycles. The van der Waals surface area contributed by atoms with Crippen molar-refractivity contribution >= 4 is 5.97 Å². The molecule has 0 heterocycles. The molecule has 0 aliphatic carbocycles. The van der Waals surface area contributed by atoms with Crippen LogP contribution in [-0.2, 0) is 12.6 Å². The summed E-state index contributed by atoms with van der Waals surface area (Å²) < 4.78 is 37.7. The number of aromatic carboxylic acids is 1. The molecule has 0 unspecified atom stereocenters. The second kappa shape index (κ2) is 3.92. The minimum Gasteiger partial charge on any atom is -0.545 e. The molecule has 0 atom stereocenters. The van der Waals surface area contributed by atoms with Gasteiger partial charge in [-0.3, -0.25) is 0 Å². The summed E-state index contributed by atoms with van der Waals surface area (Å²) in [6.07, 6.45) is -4.54. The quantitative estimate of drug-likeness (QED) is 0.755. The van der Waals surface area contributed by atoms with Crippen molar-refractivity contribution in [3.8, 4) is 0 Å². The third-order valence-electron chi connectivity index (χ3n) is 2.04. The number of halogens is 3. The number of aryl methyl sites for hydroxylation is 1. The van der Waals surface area contributed by atoms with Crippen LogP contribution in [0.15, 0.2) is 18.2 Å². The van der Waals surface area contributed by atoms with Crippen LogP contribution in [0, 0.1) is 0 Å². The van der Waals surface area contributed by atoms with Gasteiger partial charge in [-0.2, -0.15) is 13.2 Å². The number of hydrogen-bond acceptors (Lipinski definition) is 2. The number of rotatable bonds is 2. The number of benzene rings is 1. The molecule has 0 bridgehead atoms. The minimum atomic E-state index is -4.66. The molecule has 2 nitrogen and oxygen atoms in total. The standard InChI is InChI=1S/C10H9F3O2/c1-2-6-4-3-5-7(9(14)15)8(6)10(11,12)13/h3-5H,2H2,1H3,(H,14,15)/p-1. The molecular formula is C10H8F3O2-. The molecule has 5 heteroatoms. The average Bonchev–Trinajstić information content (AvgIpc) is 2.15. The molecule has 0 saturated heterocycles. The Balaban J connectivity index is 3.47. The molecule has 0 radical (unpaired) electrons. The van der Waals surface area contributed by atoms with Gasteiger partial charge in [-0.25, -0.2) is 0 Å². The van der Waals surface area contributed by atoms with Crippen molar-refractivity contribution in [1.82, 2.24) is 0 Å². The Bertz CT molecular complexity index is 383. The van der Waals surface area contributed by atoms with Gasteiger partial charge < -0.3 is 9.90 Å². The molecule has 15 heavy (non-hydrogen) atoms. The van der Waals surface area contributed by atoms with E-state index in [1.807, 2.05) is 0 Å². The Morgan fingerprint density at radius 3 is 2.40 bits per heavy atom. The van der Waals surface area contributed by atoms with Crippen LogP contribution in [0.25, 0.3) is 0 Å². The number of hydrogen-bond donors (Lipinski definition) is 0. The van der Waals surface area contributed by atoms with Gasteiger partial charge in [-0.15, -0.1) is 0 Å². The van der Waals surface area contributed by atoms with Gasteiger partial charge >= 0.3 is 6.18 Å². The van der Waals surface area contributed by atoms with E-state index in [2.05, 4.69) is 0 Å². The van der Waals surface area contributed by atoms with Gasteiger partial charge in [0.2, 0.25) is 0 Å².